The average molecular weight is 319 g/mol. The Morgan fingerprint density at radius 2 is 2.07 bits per heavy atom. The standard InChI is InChI=1S/C8H7BINO2S/c10-6-3-14-8-2-7(11)5(9(12)13)1-4(6)8/h1-3,12-13H,11H2. The van der Waals surface area contributed by atoms with Crippen molar-refractivity contribution in [2.75, 3.05) is 5.73 Å². The molecule has 0 spiro atoms. The minimum absolute atomic E-state index is 0.369. The van der Waals surface area contributed by atoms with Gasteiger partial charge in [-0.15, -0.1) is 11.3 Å². The summed E-state index contributed by atoms with van der Waals surface area (Å²) in [5, 5.41) is 21.2. The van der Waals surface area contributed by atoms with Crippen LogP contribution in [0.3, 0.4) is 0 Å². The highest BCUT2D eigenvalue weighted by atomic mass is 127. The molecule has 0 amide bonds. The second kappa shape index (κ2) is 3.69. The molecule has 0 saturated carbocycles. The first-order valence-corrected chi connectivity index (χ1v) is 5.87. The van der Waals surface area contributed by atoms with Crippen molar-refractivity contribution in [1.29, 1.82) is 0 Å². The van der Waals surface area contributed by atoms with Crippen LogP contribution in [0.25, 0.3) is 10.1 Å². The van der Waals surface area contributed by atoms with Crippen LogP contribution in [0, 0.1) is 3.57 Å². The normalized spacial score (nSPS) is 10.8. The molecule has 0 aliphatic rings. The number of fused-ring (bicyclic) bond motifs is 1. The van der Waals surface area contributed by atoms with Crippen molar-refractivity contribution in [3.8, 4) is 0 Å². The Morgan fingerprint density at radius 3 is 2.71 bits per heavy atom. The van der Waals surface area contributed by atoms with E-state index in [4.69, 9.17) is 15.8 Å². The lowest BCUT2D eigenvalue weighted by Crippen LogP contribution is -2.32. The summed E-state index contributed by atoms with van der Waals surface area (Å²) in [6.07, 6.45) is 0. The summed E-state index contributed by atoms with van der Waals surface area (Å²) in [5.74, 6) is 0. The third-order valence-corrected chi connectivity index (χ3v) is 4.27. The van der Waals surface area contributed by atoms with Crippen molar-refractivity contribution >= 4 is 62.3 Å². The quantitative estimate of drug-likeness (QED) is 0.413. The second-order valence-corrected chi connectivity index (χ2v) is 5.01. The van der Waals surface area contributed by atoms with Gasteiger partial charge in [-0.05, 0) is 28.7 Å². The largest absolute Gasteiger partial charge is 0.490 e. The number of anilines is 1. The first-order valence-electron chi connectivity index (χ1n) is 3.92. The Hall–Kier alpha value is -0.305. The fourth-order valence-corrected chi connectivity index (χ4v) is 3.16. The van der Waals surface area contributed by atoms with Crippen molar-refractivity contribution in [3.63, 3.8) is 0 Å². The molecule has 0 unspecified atom stereocenters. The number of nitrogens with two attached hydrogens (primary N) is 1. The topological polar surface area (TPSA) is 66.5 Å². The maximum atomic E-state index is 9.07. The summed E-state index contributed by atoms with van der Waals surface area (Å²) in [6, 6.07) is 3.50. The van der Waals surface area contributed by atoms with E-state index in [2.05, 4.69) is 22.6 Å². The van der Waals surface area contributed by atoms with Gasteiger partial charge in [0.25, 0.3) is 0 Å². The van der Waals surface area contributed by atoms with Crippen LogP contribution in [0.1, 0.15) is 0 Å². The molecular weight excluding hydrogens is 312 g/mol. The van der Waals surface area contributed by atoms with E-state index in [9.17, 15) is 0 Å². The molecule has 72 valence electrons. The first-order chi connectivity index (χ1) is 6.59. The number of nitrogen functional groups attached to an aromatic ring is 1. The molecule has 2 rings (SSSR count). The fraction of sp³-hybridized carbons (Fsp3) is 0. The number of thiophene rings is 1. The number of benzene rings is 1. The third kappa shape index (κ3) is 1.62. The summed E-state index contributed by atoms with van der Waals surface area (Å²) in [7, 11) is -1.50. The van der Waals surface area contributed by atoms with Gasteiger partial charge in [-0.1, -0.05) is 6.07 Å². The lowest BCUT2D eigenvalue weighted by molar-refractivity contribution is 0.426. The van der Waals surface area contributed by atoms with Crippen LogP contribution in [0.2, 0.25) is 0 Å². The van der Waals surface area contributed by atoms with Gasteiger partial charge in [0.15, 0.2) is 0 Å². The van der Waals surface area contributed by atoms with Crippen LogP contribution >= 0.6 is 33.9 Å². The van der Waals surface area contributed by atoms with Crippen molar-refractivity contribution in [2.24, 2.45) is 0 Å². The van der Waals surface area contributed by atoms with Gasteiger partial charge in [-0.2, -0.15) is 0 Å². The summed E-state index contributed by atoms with van der Waals surface area (Å²) in [5.41, 5.74) is 6.47. The molecule has 14 heavy (non-hydrogen) atoms. The van der Waals surface area contributed by atoms with E-state index in [1.165, 1.54) is 0 Å². The van der Waals surface area contributed by atoms with Gasteiger partial charge < -0.3 is 15.8 Å². The first kappa shape index (κ1) is 10.2. The van der Waals surface area contributed by atoms with E-state index in [0.717, 1.165) is 13.7 Å². The van der Waals surface area contributed by atoms with Gasteiger partial charge in [0.1, 0.15) is 0 Å². The van der Waals surface area contributed by atoms with E-state index in [1.54, 1.807) is 23.5 Å². The van der Waals surface area contributed by atoms with E-state index in [-0.39, 0.29) is 0 Å². The molecule has 3 nitrogen and oxygen atoms in total. The highest BCUT2D eigenvalue weighted by Crippen LogP contribution is 2.27. The van der Waals surface area contributed by atoms with Crippen LogP contribution in [0.15, 0.2) is 17.5 Å². The molecule has 1 heterocycles. The summed E-state index contributed by atoms with van der Waals surface area (Å²) >= 11 is 3.81. The van der Waals surface area contributed by atoms with Crippen LogP contribution < -0.4 is 11.2 Å². The number of rotatable bonds is 1. The zero-order chi connectivity index (χ0) is 10.3. The molecule has 0 aliphatic heterocycles. The van der Waals surface area contributed by atoms with E-state index < -0.39 is 7.12 Å². The van der Waals surface area contributed by atoms with Gasteiger partial charge >= 0.3 is 7.12 Å². The average Bonchev–Trinajstić information content (AvgIpc) is 2.46. The summed E-state index contributed by atoms with van der Waals surface area (Å²) in [6.45, 7) is 0. The zero-order valence-electron chi connectivity index (χ0n) is 7.07. The monoisotopic (exact) mass is 319 g/mol. The molecule has 0 saturated heterocycles. The Balaban J connectivity index is 2.74. The Labute approximate surface area is 98.8 Å². The Kier molecular flexibility index (Phi) is 2.69. The van der Waals surface area contributed by atoms with Crippen LogP contribution in [0.5, 0.6) is 0 Å². The highest BCUT2D eigenvalue weighted by molar-refractivity contribution is 14.1. The number of hydrogen-bond donors (Lipinski definition) is 3. The Bertz CT molecular complexity index is 485. The molecule has 6 heteroatoms. The fourth-order valence-electron chi connectivity index (χ4n) is 1.30. The maximum absolute atomic E-state index is 9.07. The Morgan fingerprint density at radius 1 is 1.36 bits per heavy atom. The van der Waals surface area contributed by atoms with Crippen molar-refractivity contribution in [1.82, 2.24) is 0 Å². The molecule has 0 radical (unpaired) electrons. The van der Waals surface area contributed by atoms with Crippen molar-refractivity contribution < 1.29 is 10.0 Å². The predicted molar refractivity (Wildman–Crippen MR) is 68.8 cm³/mol. The van der Waals surface area contributed by atoms with E-state index in [1.807, 2.05) is 5.38 Å². The molecule has 0 bridgehead atoms. The predicted octanol–water partition coefficient (Wildman–Crippen LogP) is 0.768. The van der Waals surface area contributed by atoms with Crippen LogP contribution in [-0.4, -0.2) is 17.2 Å². The molecule has 0 fully saturated rings. The molecule has 0 aliphatic carbocycles. The molecular formula is C8H7BINO2S. The lowest BCUT2D eigenvalue weighted by Gasteiger charge is -2.04. The van der Waals surface area contributed by atoms with Crippen molar-refractivity contribution in [2.45, 2.75) is 0 Å². The second-order valence-electron chi connectivity index (χ2n) is 2.93. The molecule has 1 aromatic heterocycles. The molecule has 2 aromatic rings. The third-order valence-electron chi connectivity index (χ3n) is 2.01. The zero-order valence-corrected chi connectivity index (χ0v) is 10.0. The minimum Gasteiger partial charge on any atom is -0.423 e. The van der Waals surface area contributed by atoms with Crippen molar-refractivity contribution in [3.05, 3.63) is 21.1 Å². The van der Waals surface area contributed by atoms with Gasteiger partial charge in [0, 0.05) is 30.2 Å². The van der Waals surface area contributed by atoms with Gasteiger partial charge in [-0.25, -0.2) is 0 Å². The lowest BCUT2D eigenvalue weighted by atomic mass is 9.78. The minimum atomic E-state index is -1.50. The molecule has 0 atom stereocenters. The van der Waals surface area contributed by atoms with Gasteiger partial charge in [0.2, 0.25) is 0 Å². The number of hydrogen-bond acceptors (Lipinski definition) is 4. The van der Waals surface area contributed by atoms with Gasteiger partial charge in [-0.3, -0.25) is 0 Å². The van der Waals surface area contributed by atoms with Gasteiger partial charge in [0.05, 0.1) is 0 Å². The maximum Gasteiger partial charge on any atom is 0.490 e. The SMILES string of the molecule is Nc1cc2scc(I)c2cc1B(O)O. The highest BCUT2D eigenvalue weighted by Gasteiger charge is 2.16. The van der Waals surface area contributed by atoms with Crippen LogP contribution in [0.4, 0.5) is 5.69 Å². The molecule has 4 N–H and O–H groups in total. The van der Waals surface area contributed by atoms with E-state index in [0.29, 0.717) is 11.2 Å². The van der Waals surface area contributed by atoms with Crippen LogP contribution in [-0.2, 0) is 0 Å². The summed E-state index contributed by atoms with van der Waals surface area (Å²) in [4.78, 5) is 0. The number of halogens is 1. The molecule has 1 aromatic carbocycles. The summed E-state index contributed by atoms with van der Waals surface area (Å²) < 4.78 is 2.17. The van der Waals surface area contributed by atoms with E-state index >= 15 is 0 Å². The smallest absolute Gasteiger partial charge is 0.423 e.